The van der Waals surface area contributed by atoms with Gasteiger partial charge in [0.2, 0.25) is 0 Å². The molecular formula is C16H12BrClN2O7S. The molecule has 28 heavy (non-hydrogen) atoms. The van der Waals surface area contributed by atoms with Gasteiger partial charge in [-0.1, -0.05) is 11.6 Å². The van der Waals surface area contributed by atoms with Gasteiger partial charge in [0.1, 0.15) is 0 Å². The summed E-state index contributed by atoms with van der Waals surface area (Å²) in [4.78, 5) is 33.9. The third kappa shape index (κ3) is 5.50. The molecule has 1 N–H and O–H groups in total. The van der Waals surface area contributed by atoms with E-state index in [1.165, 1.54) is 30.3 Å². The third-order valence-electron chi connectivity index (χ3n) is 3.34. The van der Waals surface area contributed by atoms with Gasteiger partial charge in [-0.3, -0.25) is 14.9 Å². The Kier molecular flexibility index (Phi) is 6.75. The Morgan fingerprint density at radius 1 is 1.25 bits per heavy atom. The second-order valence-electron chi connectivity index (χ2n) is 5.46. The molecule has 0 aliphatic rings. The number of amides is 1. The molecule has 2 aromatic rings. The van der Waals surface area contributed by atoms with E-state index in [1.54, 1.807) is 0 Å². The number of non-ortho nitro benzene ring substituents is 1. The zero-order chi connectivity index (χ0) is 21.1. The van der Waals surface area contributed by atoms with Crippen molar-refractivity contribution in [2.24, 2.45) is 0 Å². The summed E-state index contributed by atoms with van der Waals surface area (Å²) in [5.41, 5.74) is -0.00707. The van der Waals surface area contributed by atoms with Crippen LogP contribution in [0.2, 0.25) is 5.02 Å². The standard InChI is InChI=1S/C16H12BrClN2O7S/c1-28(25,26)14-6-9(2-4-12(14)18)16(22)27-8-15(21)19-13-5-3-10(20(23)24)7-11(13)17/h2-7H,8H2,1H3,(H,19,21). The summed E-state index contributed by atoms with van der Waals surface area (Å²) in [6, 6.07) is 7.30. The van der Waals surface area contributed by atoms with E-state index in [4.69, 9.17) is 16.3 Å². The first-order chi connectivity index (χ1) is 13.0. The van der Waals surface area contributed by atoms with Crippen LogP contribution in [0.25, 0.3) is 0 Å². The largest absolute Gasteiger partial charge is 0.452 e. The smallest absolute Gasteiger partial charge is 0.338 e. The van der Waals surface area contributed by atoms with Gasteiger partial charge in [0, 0.05) is 22.9 Å². The lowest BCUT2D eigenvalue weighted by Gasteiger charge is -2.09. The summed E-state index contributed by atoms with van der Waals surface area (Å²) in [7, 11) is -3.65. The number of nitro groups is 1. The minimum Gasteiger partial charge on any atom is -0.452 e. The fourth-order valence-corrected chi connectivity index (χ4v) is 3.80. The highest BCUT2D eigenvalue weighted by Gasteiger charge is 2.18. The molecule has 0 unspecified atom stereocenters. The quantitative estimate of drug-likeness (QED) is 0.373. The summed E-state index contributed by atoms with van der Waals surface area (Å²) in [5, 5.41) is 13.1. The molecule has 0 fully saturated rings. The Bertz CT molecular complexity index is 1070. The lowest BCUT2D eigenvalue weighted by molar-refractivity contribution is -0.384. The van der Waals surface area contributed by atoms with E-state index in [-0.39, 0.29) is 31.3 Å². The number of hydrogen-bond donors (Lipinski definition) is 1. The van der Waals surface area contributed by atoms with Gasteiger partial charge in [-0.2, -0.15) is 0 Å². The molecule has 0 saturated carbocycles. The first-order valence-electron chi connectivity index (χ1n) is 7.39. The SMILES string of the molecule is CS(=O)(=O)c1cc(C(=O)OCC(=O)Nc2ccc([N+](=O)[O-])cc2Br)ccc1Cl. The summed E-state index contributed by atoms with van der Waals surface area (Å²) in [5.74, 6) is -1.61. The highest BCUT2D eigenvalue weighted by molar-refractivity contribution is 9.10. The van der Waals surface area contributed by atoms with Gasteiger partial charge < -0.3 is 10.1 Å². The molecular weight excluding hydrogens is 480 g/mol. The second kappa shape index (κ2) is 8.67. The molecule has 0 radical (unpaired) electrons. The minimum absolute atomic E-state index is 0.0418. The zero-order valence-corrected chi connectivity index (χ0v) is 17.3. The molecule has 0 atom stereocenters. The van der Waals surface area contributed by atoms with Gasteiger partial charge in [0.05, 0.1) is 26.1 Å². The van der Waals surface area contributed by atoms with Crippen molar-refractivity contribution in [3.05, 3.63) is 61.6 Å². The van der Waals surface area contributed by atoms with E-state index in [9.17, 15) is 28.1 Å². The molecule has 0 heterocycles. The van der Waals surface area contributed by atoms with Crippen molar-refractivity contribution < 1.29 is 27.7 Å². The first-order valence-corrected chi connectivity index (χ1v) is 10.5. The number of anilines is 1. The minimum atomic E-state index is -3.65. The number of ether oxygens (including phenoxy) is 1. The molecule has 9 nitrogen and oxygen atoms in total. The van der Waals surface area contributed by atoms with Gasteiger partial charge in [-0.15, -0.1) is 0 Å². The number of carbonyl (C=O) groups excluding carboxylic acids is 2. The summed E-state index contributed by atoms with van der Waals surface area (Å²) in [6.07, 6.45) is 0.943. The lowest BCUT2D eigenvalue weighted by atomic mass is 10.2. The second-order valence-corrected chi connectivity index (χ2v) is 8.71. The molecule has 2 aromatic carbocycles. The number of esters is 1. The monoisotopic (exact) mass is 490 g/mol. The Labute approximate surface area is 172 Å². The average molecular weight is 492 g/mol. The van der Waals surface area contributed by atoms with Crippen LogP contribution >= 0.6 is 27.5 Å². The van der Waals surface area contributed by atoms with Crippen molar-refractivity contribution in [1.82, 2.24) is 0 Å². The number of benzene rings is 2. The maximum Gasteiger partial charge on any atom is 0.338 e. The number of nitro benzene ring substituents is 1. The fraction of sp³-hybridized carbons (Fsp3) is 0.125. The van der Waals surface area contributed by atoms with Crippen molar-refractivity contribution in [3.8, 4) is 0 Å². The maximum atomic E-state index is 12.1. The Morgan fingerprint density at radius 3 is 2.50 bits per heavy atom. The first kappa shape index (κ1) is 21.8. The summed E-state index contributed by atoms with van der Waals surface area (Å²) in [6.45, 7) is -0.654. The summed E-state index contributed by atoms with van der Waals surface area (Å²) >= 11 is 8.90. The average Bonchev–Trinajstić information content (AvgIpc) is 2.60. The fourth-order valence-electron chi connectivity index (χ4n) is 2.03. The van der Waals surface area contributed by atoms with Crippen molar-refractivity contribution in [1.29, 1.82) is 0 Å². The third-order valence-corrected chi connectivity index (χ3v) is 5.57. The molecule has 0 bridgehead atoms. The van der Waals surface area contributed by atoms with Gasteiger partial charge in [0.15, 0.2) is 16.4 Å². The van der Waals surface area contributed by atoms with Crippen LogP contribution in [0.3, 0.4) is 0 Å². The number of carbonyl (C=O) groups is 2. The van der Waals surface area contributed by atoms with Crippen molar-refractivity contribution in [2.75, 3.05) is 18.2 Å². The number of nitrogens with zero attached hydrogens (tertiary/aromatic N) is 1. The molecule has 2 rings (SSSR count). The van der Waals surface area contributed by atoms with Gasteiger partial charge in [0.25, 0.3) is 11.6 Å². The number of hydrogen-bond acceptors (Lipinski definition) is 7. The van der Waals surface area contributed by atoms with Crippen molar-refractivity contribution >= 4 is 60.6 Å². The van der Waals surface area contributed by atoms with Crippen LogP contribution in [-0.4, -0.2) is 38.1 Å². The van der Waals surface area contributed by atoms with Crippen LogP contribution in [0, 0.1) is 10.1 Å². The molecule has 0 aromatic heterocycles. The van der Waals surface area contributed by atoms with E-state index in [1.807, 2.05) is 0 Å². The molecule has 1 amide bonds. The highest BCUT2D eigenvalue weighted by Crippen LogP contribution is 2.27. The van der Waals surface area contributed by atoms with Crippen LogP contribution < -0.4 is 5.32 Å². The topological polar surface area (TPSA) is 133 Å². The van der Waals surface area contributed by atoms with Crippen molar-refractivity contribution in [3.63, 3.8) is 0 Å². The Morgan fingerprint density at radius 2 is 1.93 bits per heavy atom. The lowest BCUT2D eigenvalue weighted by Crippen LogP contribution is -2.21. The van der Waals surface area contributed by atoms with E-state index in [2.05, 4.69) is 21.2 Å². The van der Waals surface area contributed by atoms with Gasteiger partial charge in [-0.25, -0.2) is 13.2 Å². The van der Waals surface area contributed by atoms with E-state index in [0.717, 1.165) is 12.3 Å². The molecule has 148 valence electrons. The number of nitrogens with one attached hydrogen (secondary N) is 1. The molecule has 0 aliphatic heterocycles. The Hall–Kier alpha value is -2.50. The van der Waals surface area contributed by atoms with Crippen molar-refractivity contribution in [2.45, 2.75) is 4.90 Å². The van der Waals surface area contributed by atoms with Gasteiger partial charge in [-0.05, 0) is 40.2 Å². The normalized spacial score (nSPS) is 11.0. The van der Waals surface area contributed by atoms with Gasteiger partial charge >= 0.3 is 5.97 Å². The van der Waals surface area contributed by atoms with E-state index < -0.39 is 33.2 Å². The maximum absolute atomic E-state index is 12.1. The van der Waals surface area contributed by atoms with Crippen LogP contribution in [-0.2, 0) is 19.4 Å². The number of sulfone groups is 1. The molecule has 12 heteroatoms. The van der Waals surface area contributed by atoms with Crippen LogP contribution in [0.4, 0.5) is 11.4 Å². The molecule has 0 saturated heterocycles. The van der Waals surface area contributed by atoms with E-state index in [0.29, 0.717) is 0 Å². The predicted octanol–water partition coefficient (Wildman–Crippen LogP) is 3.21. The summed E-state index contributed by atoms with van der Waals surface area (Å²) < 4.78 is 28.4. The number of rotatable bonds is 6. The number of halogens is 2. The predicted molar refractivity (Wildman–Crippen MR) is 104 cm³/mol. The van der Waals surface area contributed by atoms with Crippen LogP contribution in [0.1, 0.15) is 10.4 Å². The molecule has 0 spiro atoms. The van der Waals surface area contributed by atoms with E-state index >= 15 is 0 Å². The van der Waals surface area contributed by atoms with Crippen LogP contribution in [0.15, 0.2) is 45.8 Å². The zero-order valence-electron chi connectivity index (χ0n) is 14.1. The highest BCUT2D eigenvalue weighted by atomic mass is 79.9. The molecule has 0 aliphatic carbocycles. The Balaban J connectivity index is 2.03. The van der Waals surface area contributed by atoms with Crippen LogP contribution in [0.5, 0.6) is 0 Å².